The Morgan fingerprint density at radius 2 is 0.808 bits per heavy atom. The van der Waals surface area contributed by atoms with Gasteiger partial charge in [-0.3, -0.25) is 0 Å². The van der Waals surface area contributed by atoms with Crippen LogP contribution in [0.4, 0.5) is 0 Å². The minimum absolute atomic E-state index is 0.155. The zero-order valence-electron chi connectivity index (χ0n) is 40.4. The summed E-state index contributed by atoms with van der Waals surface area (Å²) in [6.07, 6.45) is 7.06. The van der Waals surface area contributed by atoms with Gasteiger partial charge in [0, 0.05) is 55.2 Å². The maximum Gasteiger partial charge on any atom is 0.137 e. The largest absolute Gasteiger partial charge is 0.456 e. The van der Waals surface area contributed by atoms with Gasteiger partial charge in [0.1, 0.15) is 11.2 Å². The third-order valence-corrected chi connectivity index (χ3v) is 18.5. The molecule has 10 aromatic carbocycles. The van der Waals surface area contributed by atoms with Crippen LogP contribution in [0.25, 0.3) is 121 Å². The van der Waals surface area contributed by atoms with Crippen molar-refractivity contribution in [1.29, 1.82) is 0 Å². The number of benzene rings is 10. The molecule has 1 spiro atoms. The molecule has 3 heterocycles. The van der Waals surface area contributed by atoms with E-state index >= 15 is 0 Å². The van der Waals surface area contributed by atoms with Crippen LogP contribution in [0.2, 0.25) is 0 Å². The second-order valence-electron chi connectivity index (χ2n) is 22.1. The van der Waals surface area contributed by atoms with E-state index in [2.05, 4.69) is 221 Å². The molecular formula is C70H50N2O. The van der Waals surface area contributed by atoms with Crippen molar-refractivity contribution in [3.8, 4) is 55.9 Å². The molecule has 4 saturated carbocycles. The number of furan rings is 1. The van der Waals surface area contributed by atoms with Crippen molar-refractivity contribution >= 4 is 65.6 Å². The van der Waals surface area contributed by atoms with Gasteiger partial charge in [-0.25, -0.2) is 0 Å². The molecule has 0 N–H and O–H groups in total. The Morgan fingerprint density at radius 3 is 1.51 bits per heavy atom. The van der Waals surface area contributed by atoms with E-state index in [9.17, 15) is 0 Å². The van der Waals surface area contributed by atoms with Gasteiger partial charge >= 0.3 is 0 Å². The molecule has 3 aromatic heterocycles. The molecule has 0 radical (unpaired) electrons. The van der Waals surface area contributed by atoms with Crippen LogP contribution in [-0.4, -0.2) is 9.13 Å². The normalized spacial score (nSPS) is 20.7. The van der Waals surface area contributed by atoms with Crippen LogP contribution >= 0.6 is 0 Å². The Balaban J connectivity index is 0.768. The number of aromatic nitrogens is 2. The molecule has 73 heavy (non-hydrogen) atoms. The Kier molecular flexibility index (Phi) is 8.18. The first-order valence-corrected chi connectivity index (χ1v) is 26.6. The fourth-order valence-corrected chi connectivity index (χ4v) is 15.7. The quantitative estimate of drug-likeness (QED) is 0.169. The van der Waals surface area contributed by atoms with Crippen molar-refractivity contribution in [2.45, 2.75) is 37.5 Å². The fraction of sp³-hybridized carbons (Fsp3) is 0.143. The molecule has 346 valence electrons. The van der Waals surface area contributed by atoms with Gasteiger partial charge in [0.15, 0.2) is 0 Å². The van der Waals surface area contributed by atoms with Crippen LogP contribution in [-0.2, 0) is 5.41 Å². The smallest absolute Gasteiger partial charge is 0.137 e. The average molecular weight is 935 g/mol. The van der Waals surface area contributed by atoms with Gasteiger partial charge in [0.25, 0.3) is 0 Å². The van der Waals surface area contributed by atoms with Crippen molar-refractivity contribution in [2.75, 3.05) is 0 Å². The lowest BCUT2D eigenvalue weighted by Gasteiger charge is -2.61. The predicted molar refractivity (Wildman–Crippen MR) is 302 cm³/mol. The lowest BCUT2D eigenvalue weighted by atomic mass is 9.43. The maximum absolute atomic E-state index is 6.42. The SMILES string of the molecule is c1cc(-c2cccc(-n3c4ccccc4c4ccc(-c5ccc6c7ccccc7n(-c7ccc8c(c7)oc7ccccc78)c6c5)cc43)c2)cc(-c2ccc3c(c2)C2(c4ccccc4-3)C3CC4CC(C3)CC2C4)c1. The van der Waals surface area contributed by atoms with E-state index in [0.717, 1.165) is 57.0 Å². The van der Waals surface area contributed by atoms with Gasteiger partial charge in [-0.2, -0.15) is 0 Å². The highest BCUT2D eigenvalue weighted by molar-refractivity contribution is 6.13. The number of fused-ring (bicyclic) bond motifs is 12. The van der Waals surface area contributed by atoms with E-state index in [-0.39, 0.29) is 5.41 Å². The number of nitrogens with zero attached hydrogens (tertiary/aromatic N) is 2. The molecule has 0 saturated heterocycles. The lowest BCUT2D eigenvalue weighted by Crippen LogP contribution is -2.55. The summed E-state index contributed by atoms with van der Waals surface area (Å²) in [5.74, 6) is 3.36. The number of rotatable bonds is 5. The monoisotopic (exact) mass is 934 g/mol. The van der Waals surface area contributed by atoms with Crippen LogP contribution in [0.15, 0.2) is 223 Å². The van der Waals surface area contributed by atoms with Gasteiger partial charge < -0.3 is 13.6 Å². The first-order valence-electron chi connectivity index (χ1n) is 26.6. The second-order valence-corrected chi connectivity index (χ2v) is 22.1. The minimum Gasteiger partial charge on any atom is -0.456 e. The molecular weight excluding hydrogens is 885 g/mol. The van der Waals surface area contributed by atoms with Crippen molar-refractivity contribution in [1.82, 2.24) is 9.13 Å². The van der Waals surface area contributed by atoms with Gasteiger partial charge in [-0.05, 0) is 178 Å². The van der Waals surface area contributed by atoms with E-state index < -0.39 is 0 Å². The lowest BCUT2D eigenvalue weighted by molar-refractivity contribution is -0.0399. The highest BCUT2D eigenvalue weighted by Gasteiger charge is 2.61. The summed E-state index contributed by atoms with van der Waals surface area (Å²) in [4.78, 5) is 0. The Hall–Kier alpha value is -8.40. The van der Waals surface area contributed by atoms with Gasteiger partial charge in [-0.1, -0.05) is 146 Å². The van der Waals surface area contributed by atoms with E-state index in [1.165, 1.54) is 120 Å². The summed E-state index contributed by atoms with van der Waals surface area (Å²) in [5, 5.41) is 7.24. The van der Waals surface area contributed by atoms with Gasteiger partial charge in [0.2, 0.25) is 0 Å². The molecule has 5 aliphatic rings. The molecule has 4 bridgehead atoms. The third kappa shape index (κ3) is 5.60. The van der Waals surface area contributed by atoms with E-state index in [0.29, 0.717) is 0 Å². The van der Waals surface area contributed by atoms with Crippen LogP contribution < -0.4 is 0 Å². The first-order chi connectivity index (χ1) is 36.1. The molecule has 0 atom stereocenters. The Morgan fingerprint density at radius 1 is 0.315 bits per heavy atom. The fourth-order valence-electron chi connectivity index (χ4n) is 15.7. The molecule has 5 aliphatic carbocycles. The van der Waals surface area contributed by atoms with Crippen LogP contribution in [0.3, 0.4) is 0 Å². The summed E-state index contributed by atoms with van der Waals surface area (Å²) >= 11 is 0. The summed E-state index contributed by atoms with van der Waals surface area (Å²) in [6, 6.07) is 82.1. The highest BCUT2D eigenvalue weighted by atomic mass is 16.3. The second kappa shape index (κ2) is 14.8. The Labute approximate surface area is 423 Å². The summed E-state index contributed by atoms with van der Waals surface area (Å²) in [6.45, 7) is 0. The molecule has 18 rings (SSSR count). The van der Waals surface area contributed by atoms with Crippen molar-refractivity contribution in [3.05, 3.63) is 230 Å². The summed E-state index contributed by atoms with van der Waals surface area (Å²) in [7, 11) is 0. The molecule has 0 unspecified atom stereocenters. The molecule has 4 fully saturated rings. The van der Waals surface area contributed by atoms with Crippen molar-refractivity contribution in [3.63, 3.8) is 0 Å². The zero-order valence-corrected chi connectivity index (χ0v) is 40.4. The molecule has 3 nitrogen and oxygen atoms in total. The van der Waals surface area contributed by atoms with Crippen LogP contribution in [0.5, 0.6) is 0 Å². The van der Waals surface area contributed by atoms with Crippen LogP contribution in [0.1, 0.15) is 43.2 Å². The van der Waals surface area contributed by atoms with Gasteiger partial charge in [0.05, 0.1) is 22.1 Å². The molecule has 13 aromatic rings. The number of hydrogen-bond acceptors (Lipinski definition) is 1. The third-order valence-electron chi connectivity index (χ3n) is 18.5. The van der Waals surface area contributed by atoms with Gasteiger partial charge in [-0.15, -0.1) is 0 Å². The number of hydrogen-bond donors (Lipinski definition) is 0. The summed E-state index contributed by atoms with van der Waals surface area (Å²) in [5.41, 5.74) is 22.6. The average Bonchev–Trinajstić information content (AvgIpc) is 4.17. The Bertz CT molecular complexity index is 4450. The van der Waals surface area contributed by atoms with E-state index in [4.69, 9.17) is 4.42 Å². The van der Waals surface area contributed by atoms with Crippen molar-refractivity contribution < 1.29 is 4.42 Å². The summed E-state index contributed by atoms with van der Waals surface area (Å²) < 4.78 is 11.3. The number of para-hydroxylation sites is 3. The minimum atomic E-state index is 0.155. The maximum atomic E-state index is 6.42. The standard InChI is InChI=1S/C70H50N2O/c1-5-19-62-54(15-1)55-27-23-47(38-63(55)70(62)50-32-42-31-43(34-50)35-51(70)33-42)45-12-9-11-44(36-45)46-13-10-14-52(37-46)71-64-20-6-2-16-56(64)58-28-24-48(39-66(58)71)49-25-29-59-57-17-3-7-21-65(57)72(67(59)40-49)53-26-30-61-60-18-4-8-22-68(60)73-69(61)41-53/h1-30,36-43,50-51H,31-35H2. The topological polar surface area (TPSA) is 23.0 Å². The van der Waals surface area contributed by atoms with E-state index in [1.54, 1.807) is 11.1 Å². The molecule has 0 aliphatic heterocycles. The van der Waals surface area contributed by atoms with Crippen LogP contribution in [0, 0.1) is 23.7 Å². The highest BCUT2D eigenvalue weighted by Crippen LogP contribution is 2.69. The molecule has 3 heteroatoms. The molecule has 0 amide bonds. The first kappa shape index (κ1) is 40.2. The zero-order chi connectivity index (χ0) is 47.5. The van der Waals surface area contributed by atoms with E-state index in [1.807, 2.05) is 6.07 Å². The van der Waals surface area contributed by atoms with Crippen molar-refractivity contribution in [2.24, 2.45) is 23.7 Å². The predicted octanol–water partition coefficient (Wildman–Crippen LogP) is 18.5.